The molecule has 0 bridgehead atoms. The molecular formula is C21H20N4O2S. The molecule has 6 nitrogen and oxygen atoms in total. The summed E-state index contributed by atoms with van der Waals surface area (Å²) in [5.41, 5.74) is 6.38. The van der Waals surface area contributed by atoms with E-state index in [9.17, 15) is 4.79 Å². The maximum absolute atomic E-state index is 12.4. The predicted octanol–water partition coefficient (Wildman–Crippen LogP) is 3.44. The minimum atomic E-state index is -0.0530. The van der Waals surface area contributed by atoms with Gasteiger partial charge in [-0.3, -0.25) is 9.78 Å². The van der Waals surface area contributed by atoms with E-state index in [1.807, 2.05) is 48.7 Å². The summed E-state index contributed by atoms with van der Waals surface area (Å²) in [4.78, 5) is 25.5. The Morgan fingerprint density at radius 3 is 2.89 bits per heavy atom. The van der Waals surface area contributed by atoms with E-state index < -0.39 is 0 Å². The van der Waals surface area contributed by atoms with Gasteiger partial charge in [0, 0.05) is 11.6 Å². The first kappa shape index (κ1) is 18.3. The van der Waals surface area contributed by atoms with Crippen LogP contribution in [0.2, 0.25) is 0 Å². The summed E-state index contributed by atoms with van der Waals surface area (Å²) >= 11 is 1.54. The molecule has 7 heteroatoms. The highest BCUT2D eigenvalue weighted by Crippen LogP contribution is 2.21. The van der Waals surface area contributed by atoms with E-state index in [2.05, 4.69) is 20.3 Å². The first-order valence-corrected chi connectivity index (χ1v) is 10.00. The highest BCUT2D eigenvalue weighted by atomic mass is 32.1. The number of carbonyl (C=O) groups excluding carboxylic acids is 1. The lowest BCUT2D eigenvalue weighted by Crippen LogP contribution is -2.28. The number of aromatic nitrogens is 2. The van der Waals surface area contributed by atoms with Crippen LogP contribution in [0.4, 0.5) is 0 Å². The van der Waals surface area contributed by atoms with E-state index >= 15 is 0 Å². The van der Waals surface area contributed by atoms with Crippen molar-refractivity contribution in [3.8, 4) is 0 Å². The van der Waals surface area contributed by atoms with E-state index in [-0.39, 0.29) is 18.4 Å². The van der Waals surface area contributed by atoms with Crippen molar-refractivity contribution in [3.05, 3.63) is 81.6 Å². The number of carbonyl (C=O) groups is 1. The molecule has 1 N–H and O–H groups in total. The smallest absolute Gasteiger partial charge is 0.226 e. The minimum absolute atomic E-state index is 0.0443. The van der Waals surface area contributed by atoms with Crippen molar-refractivity contribution in [2.75, 3.05) is 0 Å². The van der Waals surface area contributed by atoms with Gasteiger partial charge in [0.05, 0.1) is 41.5 Å². The van der Waals surface area contributed by atoms with Gasteiger partial charge < -0.3 is 10.1 Å². The number of fused-ring (bicyclic) bond motifs is 1. The number of thiazole rings is 1. The van der Waals surface area contributed by atoms with Crippen LogP contribution in [0.15, 0.2) is 58.5 Å². The molecule has 3 heterocycles. The minimum Gasteiger partial charge on any atom is -0.471 e. The lowest BCUT2D eigenvalue weighted by Gasteiger charge is -2.14. The zero-order valence-corrected chi connectivity index (χ0v) is 16.3. The third kappa shape index (κ3) is 4.26. The number of aliphatic imine (C=N–C) groups is 1. The Kier molecular flexibility index (Phi) is 5.43. The summed E-state index contributed by atoms with van der Waals surface area (Å²) in [6.07, 6.45) is 1.98. The zero-order chi connectivity index (χ0) is 19.3. The molecule has 28 heavy (non-hydrogen) atoms. The molecule has 1 atom stereocenters. The van der Waals surface area contributed by atoms with Crippen LogP contribution in [-0.2, 0) is 29.1 Å². The van der Waals surface area contributed by atoms with Crippen molar-refractivity contribution < 1.29 is 9.53 Å². The molecule has 1 aliphatic heterocycles. The number of hydrogen-bond donors (Lipinski definition) is 1. The molecule has 0 saturated carbocycles. The second kappa shape index (κ2) is 8.31. The summed E-state index contributed by atoms with van der Waals surface area (Å²) in [6.45, 7) is 2.91. The fourth-order valence-corrected chi connectivity index (χ4v) is 3.61. The highest BCUT2D eigenvalue weighted by Gasteiger charge is 2.20. The Balaban J connectivity index is 1.35. The Labute approximate surface area is 167 Å². The molecule has 3 aromatic rings. The number of hydrogen-bond acceptors (Lipinski definition) is 6. The van der Waals surface area contributed by atoms with Gasteiger partial charge in [-0.05, 0) is 24.1 Å². The molecule has 1 aromatic carbocycles. The van der Waals surface area contributed by atoms with Crippen LogP contribution < -0.4 is 5.32 Å². The molecule has 0 spiro atoms. The number of rotatable bonds is 6. The monoisotopic (exact) mass is 392 g/mol. The second-order valence-corrected chi connectivity index (χ2v) is 7.32. The van der Waals surface area contributed by atoms with Crippen molar-refractivity contribution in [1.82, 2.24) is 15.3 Å². The maximum Gasteiger partial charge on any atom is 0.226 e. The summed E-state index contributed by atoms with van der Waals surface area (Å²) in [7, 11) is 0. The van der Waals surface area contributed by atoms with Gasteiger partial charge in [-0.1, -0.05) is 30.3 Å². The van der Waals surface area contributed by atoms with Crippen LogP contribution in [-0.4, -0.2) is 21.8 Å². The number of nitrogens with one attached hydrogen (secondary N) is 1. The molecule has 1 aliphatic rings. The third-order valence-electron chi connectivity index (χ3n) is 4.53. The Morgan fingerprint density at radius 2 is 2.11 bits per heavy atom. The number of nitrogens with zero attached hydrogens (tertiary/aromatic N) is 3. The SMILES string of the molecule is C[C@@H](NC(=O)Cc1cc2c(cn1)C(OCc1cscn1)=NC2)c1ccccc1. The summed E-state index contributed by atoms with van der Waals surface area (Å²) in [5.74, 6) is 0.534. The van der Waals surface area contributed by atoms with E-state index in [1.165, 1.54) is 11.3 Å². The molecule has 142 valence electrons. The van der Waals surface area contributed by atoms with Gasteiger partial charge >= 0.3 is 0 Å². The van der Waals surface area contributed by atoms with Crippen molar-refractivity contribution in [1.29, 1.82) is 0 Å². The quantitative estimate of drug-likeness (QED) is 0.697. The van der Waals surface area contributed by atoms with E-state index in [1.54, 1.807) is 11.7 Å². The van der Waals surface area contributed by atoms with Gasteiger partial charge in [-0.25, -0.2) is 9.98 Å². The van der Waals surface area contributed by atoms with Gasteiger partial charge in [-0.2, -0.15) is 0 Å². The van der Waals surface area contributed by atoms with Crippen LogP contribution in [0.25, 0.3) is 0 Å². The van der Waals surface area contributed by atoms with Gasteiger partial charge in [0.1, 0.15) is 6.61 Å². The molecule has 2 aromatic heterocycles. The zero-order valence-electron chi connectivity index (χ0n) is 15.5. The van der Waals surface area contributed by atoms with Gasteiger partial charge in [0.15, 0.2) is 0 Å². The van der Waals surface area contributed by atoms with Crippen LogP contribution >= 0.6 is 11.3 Å². The fraction of sp³-hybridized carbons (Fsp3) is 0.238. The number of benzene rings is 1. The molecule has 4 rings (SSSR count). The Morgan fingerprint density at radius 1 is 1.25 bits per heavy atom. The van der Waals surface area contributed by atoms with E-state index in [0.717, 1.165) is 28.1 Å². The number of ether oxygens (including phenoxy) is 1. The van der Waals surface area contributed by atoms with E-state index in [0.29, 0.717) is 19.0 Å². The Hall–Kier alpha value is -3.06. The van der Waals surface area contributed by atoms with Gasteiger partial charge in [0.2, 0.25) is 11.8 Å². The number of pyridine rings is 1. The second-order valence-electron chi connectivity index (χ2n) is 6.60. The summed E-state index contributed by atoms with van der Waals surface area (Å²) in [5, 5.41) is 4.97. The molecule has 0 radical (unpaired) electrons. The average Bonchev–Trinajstić information content (AvgIpc) is 3.36. The van der Waals surface area contributed by atoms with Crippen LogP contribution in [0, 0.1) is 0 Å². The van der Waals surface area contributed by atoms with Gasteiger partial charge in [-0.15, -0.1) is 11.3 Å². The first-order chi connectivity index (χ1) is 13.7. The highest BCUT2D eigenvalue weighted by molar-refractivity contribution is 7.07. The normalized spacial score (nSPS) is 13.5. The maximum atomic E-state index is 12.4. The third-order valence-corrected chi connectivity index (χ3v) is 5.16. The summed E-state index contributed by atoms with van der Waals surface area (Å²) < 4.78 is 5.77. The van der Waals surface area contributed by atoms with E-state index in [4.69, 9.17) is 4.74 Å². The lowest BCUT2D eigenvalue weighted by atomic mass is 10.1. The predicted molar refractivity (Wildman–Crippen MR) is 108 cm³/mol. The molecule has 1 amide bonds. The van der Waals surface area contributed by atoms with Crippen molar-refractivity contribution >= 4 is 23.1 Å². The molecule has 0 aliphatic carbocycles. The summed E-state index contributed by atoms with van der Waals surface area (Å²) in [6, 6.07) is 11.8. The first-order valence-electron chi connectivity index (χ1n) is 9.06. The van der Waals surface area contributed by atoms with Crippen molar-refractivity contribution in [2.45, 2.75) is 32.5 Å². The molecular weight excluding hydrogens is 372 g/mol. The Bertz CT molecular complexity index is 987. The topological polar surface area (TPSA) is 76.5 Å². The standard InChI is InChI=1S/C21H20N4O2S/c1-14(15-5-3-2-4-6-15)25-20(26)8-17-7-16-9-23-21(19(16)10-22-17)27-11-18-12-28-13-24-18/h2-7,10,12-14H,8-9,11H2,1H3,(H,25,26)/t14-/m1/s1. The fourth-order valence-electron chi connectivity index (χ4n) is 3.07. The van der Waals surface area contributed by atoms with Crippen LogP contribution in [0.1, 0.15) is 41.0 Å². The number of amides is 1. The lowest BCUT2D eigenvalue weighted by molar-refractivity contribution is -0.121. The van der Waals surface area contributed by atoms with Crippen LogP contribution in [0.5, 0.6) is 0 Å². The largest absolute Gasteiger partial charge is 0.471 e. The molecule has 0 saturated heterocycles. The average molecular weight is 392 g/mol. The van der Waals surface area contributed by atoms with Crippen molar-refractivity contribution in [2.24, 2.45) is 4.99 Å². The van der Waals surface area contributed by atoms with Crippen molar-refractivity contribution in [3.63, 3.8) is 0 Å². The van der Waals surface area contributed by atoms with Crippen LogP contribution in [0.3, 0.4) is 0 Å². The molecule has 0 fully saturated rings. The van der Waals surface area contributed by atoms with Gasteiger partial charge in [0.25, 0.3) is 0 Å². The molecule has 0 unspecified atom stereocenters.